The van der Waals surface area contributed by atoms with Gasteiger partial charge in [0.1, 0.15) is 54.6 Å². The van der Waals surface area contributed by atoms with Crippen LogP contribution in [0.2, 0.25) is 0 Å². The zero-order chi connectivity index (χ0) is 35.1. The van der Waals surface area contributed by atoms with E-state index in [2.05, 4.69) is 0 Å². The molecule has 0 amide bonds. The van der Waals surface area contributed by atoms with Crippen LogP contribution in [0.25, 0.3) is 0 Å². The number of rotatable bonds is 12. The van der Waals surface area contributed by atoms with Gasteiger partial charge < -0.3 is 74.0 Å². The minimum Gasteiger partial charge on any atom is -0.468 e. The van der Waals surface area contributed by atoms with E-state index >= 15 is 0 Å². The molecule has 8 N–H and O–H groups in total. The van der Waals surface area contributed by atoms with E-state index < -0.39 is 98.8 Å². The van der Waals surface area contributed by atoms with Crippen LogP contribution in [-0.2, 0) is 44.4 Å². The van der Waals surface area contributed by atoms with E-state index in [1.165, 1.54) is 6.08 Å². The van der Waals surface area contributed by atoms with Gasteiger partial charge in [0.2, 0.25) is 12.6 Å². The largest absolute Gasteiger partial charge is 0.468 e. The van der Waals surface area contributed by atoms with Gasteiger partial charge in [-0.05, 0) is 24.6 Å². The van der Waals surface area contributed by atoms with Crippen molar-refractivity contribution >= 4 is 11.9 Å². The van der Waals surface area contributed by atoms with Gasteiger partial charge in [-0.15, -0.1) is 0 Å². The van der Waals surface area contributed by atoms with Crippen LogP contribution < -0.4 is 4.74 Å². The summed E-state index contributed by atoms with van der Waals surface area (Å²) >= 11 is 0. The maximum absolute atomic E-state index is 13.0. The van der Waals surface area contributed by atoms with Crippen molar-refractivity contribution in [1.82, 2.24) is 0 Å². The fourth-order valence-corrected chi connectivity index (χ4v) is 5.47. The molecular weight excluding hydrogens is 644 g/mol. The zero-order valence-corrected chi connectivity index (χ0v) is 26.2. The Hall–Kier alpha value is -3.20. The highest BCUT2D eigenvalue weighted by Crippen LogP contribution is 2.36. The van der Waals surface area contributed by atoms with Gasteiger partial charge in [0.15, 0.2) is 6.29 Å². The summed E-state index contributed by atoms with van der Waals surface area (Å²) in [4.78, 5) is 25.5. The fourth-order valence-electron chi connectivity index (χ4n) is 5.47. The van der Waals surface area contributed by atoms with E-state index in [1.54, 1.807) is 31.2 Å². The Labute approximate surface area is 275 Å². The normalized spacial score (nSPS) is 36.1. The summed E-state index contributed by atoms with van der Waals surface area (Å²) in [5.41, 5.74) is 1.01. The number of hydrogen-bond donors (Lipinski definition) is 8. The van der Waals surface area contributed by atoms with E-state index in [1.807, 2.05) is 0 Å². The van der Waals surface area contributed by atoms with E-state index in [0.717, 1.165) is 18.9 Å². The van der Waals surface area contributed by atoms with Crippen LogP contribution in [0.5, 0.6) is 5.75 Å². The van der Waals surface area contributed by atoms with Crippen LogP contribution >= 0.6 is 0 Å². The average Bonchev–Trinajstić information content (AvgIpc) is 3.09. The molecule has 0 radical (unpaired) electrons. The molecule has 1 aromatic carbocycles. The van der Waals surface area contributed by atoms with Gasteiger partial charge in [-0.3, -0.25) is 4.79 Å². The molecule has 3 heterocycles. The van der Waals surface area contributed by atoms with Gasteiger partial charge >= 0.3 is 11.9 Å². The number of ether oxygens (including phenoxy) is 7. The SMILES string of the molecule is CC=C1[C@H](O[C@@H]2O[C@H](CO)[C@@H](O)[C@H](O)[C@H]2O)OC=C(C(=O)OC)[C@@H]1CC(=O)OCCc1ccc(O[C@@H]2O[C@H](CO)[C@@H](O)[C@H](O)[C@H]2O)cc1. The molecule has 48 heavy (non-hydrogen) atoms. The first-order valence-corrected chi connectivity index (χ1v) is 15.2. The smallest absolute Gasteiger partial charge is 0.337 e. The van der Waals surface area contributed by atoms with Crippen molar-refractivity contribution in [2.24, 2.45) is 5.92 Å². The number of esters is 2. The molecule has 0 aliphatic carbocycles. The molecule has 1 aromatic rings. The maximum atomic E-state index is 13.0. The fraction of sp³-hybridized carbons (Fsp3) is 0.613. The minimum absolute atomic E-state index is 0.00815. The van der Waals surface area contributed by atoms with Crippen LogP contribution in [0.1, 0.15) is 18.9 Å². The van der Waals surface area contributed by atoms with Gasteiger partial charge in [0.05, 0.1) is 45.2 Å². The lowest BCUT2D eigenvalue weighted by Gasteiger charge is -2.41. The molecule has 12 atom stereocenters. The second-order valence-electron chi connectivity index (χ2n) is 11.3. The molecule has 4 rings (SSSR count). The van der Waals surface area contributed by atoms with Crippen LogP contribution in [0.4, 0.5) is 0 Å². The van der Waals surface area contributed by atoms with Crippen LogP contribution in [0, 0.1) is 5.92 Å². The number of allylic oxidation sites excluding steroid dienone is 1. The molecule has 3 aliphatic heterocycles. The maximum Gasteiger partial charge on any atom is 0.337 e. The van der Waals surface area contributed by atoms with Gasteiger partial charge in [0, 0.05) is 17.9 Å². The van der Waals surface area contributed by atoms with E-state index in [4.69, 9.17) is 33.2 Å². The number of methoxy groups -OCH3 is 1. The van der Waals surface area contributed by atoms with E-state index in [-0.39, 0.29) is 29.9 Å². The lowest BCUT2D eigenvalue weighted by atomic mass is 9.86. The minimum atomic E-state index is -1.72. The average molecular weight is 687 g/mol. The number of carbonyl (C=O) groups is 2. The Morgan fingerprint density at radius 2 is 1.42 bits per heavy atom. The van der Waals surface area contributed by atoms with E-state index in [0.29, 0.717) is 6.42 Å². The molecule has 17 nitrogen and oxygen atoms in total. The molecule has 17 heteroatoms. The first kappa shape index (κ1) is 37.6. The highest BCUT2D eigenvalue weighted by Gasteiger charge is 2.47. The molecule has 2 fully saturated rings. The first-order valence-electron chi connectivity index (χ1n) is 15.2. The van der Waals surface area contributed by atoms with Crippen molar-refractivity contribution < 1.29 is 83.6 Å². The van der Waals surface area contributed by atoms with Gasteiger partial charge in [-0.25, -0.2) is 4.79 Å². The number of aliphatic hydroxyl groups is 8. The summed E-state index contributed by atoms with van der Waals surface area (Å²) < 4.78 is 37.9. The monoisotopic (exact) mass is 686 g/mol. The Morgan fingerprint density at radius 3 is 1.98 bits per heavy atom. The van der Waals surface area contributed by atoms with Crippen LogP contribution in [0.3, 0.4) is 0 Å². The Kier molecular flexibility index (Phi) is 13.3. The van der Waals surface area contributed by atoms with E-state index in [9.17, 15) is 50.4 Å². The highest BCUT2D eigenvalue weighted by atomic mass is 16.8. The van der Waals surface area contributed by atoms with Crippen molar-refractivity contribution in [2.45, 2.75) is 87.5 Å². The number of hydrogen-bond acceptors (Lipinski definition) is 17. The quantitative estimate of drug-likeness (QED) is 0.0812. The molecule has 0 spiro atoms. The van der Waals surface area contributed by atoms with Gasteiger partial charge in [0.25, 0.3) is 0 Å². The Balaban J connectivity index is 1.34. The first-order chi connectivity index (χ1) is 22.9. The predicted octanol–water partition coefficient (Wildman–Crippen LogP) is -2.87. The molecule has 268 valence electrons. The number of carbonyl (C=O) groups excluding carboxylic acids is 2. The second-order valence-corrected chi connectivity index (χ2v) is 11.3. The van der Waals surface area contributed by atoms with Crippen molar-refractivity contribution in [2.75, 3.05) is 26.9 Å². The van der Waals surface area contributed by atoms with Crippen molar-refractivity contribution in [3.63, 3.8) is 0 Å². The lowest BCUT2D eigenvalue weighted by Crippen LogP contribution is -2.60. The van der Waals surface area contributed by atoms with Gasteiger partial charge in [-0.2, -0.15) is 0 Å². The Morgan fingerprint density at radius 1 is 0.833 bits per heavy atom. The number of benzene rings is 1. The summed E-state index contributed by atoms with van der Waals surface area (Å²) in [5.74, 6) is -2.12. The topological polar surface area (TPSA) is 261 Å². The molecule has 0 aromatic heterocycles. The van der Waals surface area contributed by atoms with Gasteiger partial charge in [-0.1, -0.05) is 18.2 Å². The summed E-state index contributed by atoms with van der Waals surface area (Å²) in [6.45, 7) is 0.297. The van der Waals surface area contributed by atoms with Crippen molar-refractivity contribution in [3.05, 3.63) is 53.3 Å². The molecular formula is C31H42O17. The molecule has 0 bridgehead atoms. The standard InChI is InChI=1S/C31H42O17/c1-3-16-17(18(28(41)42-2)13-44-29(16)48-31-27(40)25(38)23(36)20(12-33)47-31)10-21(34)43-9-8-14-4-6-15(7-5-14)45-30-26(39)24(37)22(35)19(11-32)46-30/h3-7,13,17,19-20,22-27,29-33,35-40H,8-12H2,1-2H3/t17-,19-,20-,22-,23-,24+,25+,26-,27-,29+,30-,31+/m1/s1. The Bertz CT molecular complexity index is 1280. The van der Waals surface area contributed by atoms with Crippen molar-refractivity contribution in [3.8, 4) is 5.75 Å². The van der Waals surface area contributed by atoms with Crippen LogP contribution in [-0.4, -0.2) is 147 Å². The summed E-state index contributed by atoms with van der Waals surface area (Å²) in [5, 5.41) is 79.4. The highest BCUT2D eigenvalue weighted by molar-refractivity contribution is 5.90. The third-order valence-corrected chi connectivity index (χ3v) is 8.28. The summed E-state index contributed by atoms with van der Waals surface area (Å²) in [6, 6.07) is 6.45. The molecule has 3 aliphatic rings. The third-order valence-electron chi connectivity index (χ3n) is 8.28. The number of aliphatic hydroxyl groups excluding tert-OH is 8. The lowest BCUT2D eigenvalue weighted by molar-refractivity contribution is -0.327. The summed E-state index contributed by atoms with van der Waals surface area (Å²) in [6.07, 6.45) is -13.7. The molecule has 0 unspecified atom stereocenters. The van der Waals surface area contributed by atoms with Crippen LogP contribution in [0.15, 0.2) is 47.7 Å². The van der Waals surface area contributed by atoms with Crippen molar-refractivity contribution in [1.29, 1.82) is 0 Å². The zero-order valence-electron chi connectivity index (χ0n) is 26.2. The molecule has 2 saturated heterocycles. The third kappa shape index (κ3) is 8.50. The molecule has 0 saturated carbocycles. The summed E-state index contributed by atoms with van der Waals surface area (Å²) in [7, 11) is 1.16. The predicted molar refractivity (Wildman–Crippen MR) is 157 cm³/mol. The second kappa shape index (κ2) is 17.0.